The summed E-state index contributed by atoms with van der Waals surface area (Å²) in [5.41, 5.74) is 2.54. The average molecular weight is 428 g/mol. The van der Waals surface area contributed by atoms with E-state index in [4.69, 9.17) is 34.8 Å². The Labute approximate surface area is 174 Å². The number of carbonyl (C=O) groups is 1. The predicted molar refractivity (Wildman–Crippen MR) is 113 cm³/mol. The van der Waals surface area contributed by atoms with Crippen LogP contribution >= 0.6 is 34.8 Å². The zero-order chi connectivity index (χ0) is 19.6. The second-order valence-electron chi connectivity index (χ2n) is 6.55. The van der Waals surface area contributed by atoms with Crippen LogP contribution in [0.3, 0.4) is 0 Å². The van der Waals surface area contributed by atoms with Crippen molar-refractivity contribution in [3.05, 3.63) is 51.2 Å². The second kappa shape index (κ2) is 8.55. The monoisotopic (exact) mass is 426 g/mol. The zero-order valence-electron chi connectivity index (χ0n) is 15.3. The van der Waals surface area contributed by atoms with Gasteiger partial charge in [0.25, 0.3) is 0 Å². The summed E-state index contributed by atoms with van der Waals surface area (Å²) in [5, 5.41) is 1.69. The van der Waals surface area contributed by atoms with E-state index in [2.05, 4.69) is 9.88 Å². The van der Waals surface area contributed by atoms with Crippen LogP contribution in [0.25, 0.3) is 0 Å². The van der Waals surface area contributed by atoms with Crippen LogP contribution in [-0.2, 0) is 0 Å². The van der Waals surface area contributed by atoms with E-state index in [9.17, 15) is 4.79 Å². The van der Waals surface area contributed by atoms with Crippen molar-refractivity contribution in [2.45, 2.75) is 13.3 Å². The third-order valence-corrected chi connectivity index (χ3v) is 5.70. The van der Waals surface area contributed by atoms with E-state index in [1.807, 2.05) is 30.0 Å². The molecule has 0 N–H and O–H groups in total. The van der Waals surface area contributed by atoms with Gasteiger partial charge in [-0.2, -0.15) is 0 Å². The van der Waals surface area contributed by atoms with Crippen molar-refractivity contribution < 1.29 is 4.79 Å². The Kier molecular flexibility index (Phi) is 6.35. The number of rotatable bonds is 2. The molecule has 1 saturated heterocycles. The lowest BCUT2D eigenvalue weighted by molar-refractivity contribution is 0.209. The van der Waals surface area contributed by atoms with Crippen LogP contribution in [-0.4, -0.2) is 49.1 Å². The predicted octanol–water partition coefficient (Wildman–Crippen LogP) is 5.12. The van der Waals surface area contributed by atoms with Crippen LogP contribution in [0.5, 0.6) is 0 Å². The second-order valence-corrected chi connectivity index (χ2v) is 7.78. The highest BCUT2D eigenvalue weighted by atomic mass is 35.5. The van der Waals surface area contributed by atoms with Crippen LogP contribution in [0.4, 0.5) is 16.2 Å². The molecule has 1 fully saturated rings. The van der Waals surface area contributed by atoms with E-state index in [1.165, 1.54) is 0 Å². The molecule has 1 aliphatic heterocycles. The number of amides is 2. The number of hydrogen-bond donors (Lipinski definition) is 0. The molecule has 0 radical (unpaired) electrons. The van der Waals surface area contributed by atoms with Gasteiger partial charge < -0.3 is 9.80 Å². The zero-order valence-corrected chi connectivity index (χ0v) is 17.5. The van der Waals surface area contributed by atoms with Gasteiger partial charge >= 0.3 is 6.03 Å². The maximum atomic E-state index is 13.0. The third kappa shape index (κ3) is 4.42. The number of urea groups is 1. The number of halogens is 3. The molecular formula is C19H21Cl3N4O. The van der Waals surface area contributed by atoms with Gasteiger partial charge in [-0.15, -0.1) is 0 Å². The largest absolute Gasteiger partial charge is 0.367 e. The van der Waals surface area contributed by atoms with Crippen molar-refractivity contribution >= 4 is 52.2 Å². The molecule has 0 spiro atoms. The van der Waals surface area contributed by atoms with Crippen LogP contribution in [0.1, 0.15) is 12.0 Å². The van der Waals surface area contributed by atoms with E-state index in [0.717, 1.165) is 29.9 Å². The molecule has 1 aromatic heterocycles. The number of hydrogen-bond acceptors (Lipinski definition) is 3. The summed E-state index contributed by atoms with van der Waals surface area (Å²) >= 11 is 18.8. The average Bonchev–Trinajstić information content (AvgIpc) is 2.89. The fourth-order valence-electron chi connectivity index (χ4n) is 3.15. The first kappa shape index (κ1) is 20.1. The number of aryl methyl sites for hydroxylation is 1. The SMILES string of the molecule is Cc1ccc(N(C)C(=O)N2CCCN(c3c(Cl)cncc3Cl)CC2)cc1Cl. The molecule has 0 aliphatic carbocycles. The number of anilines is 2. The molecule has 0 unspecified atom stereocenters. The number of benzene rings is 1. The van der Waals surface area contributed by atoms with Crippen molar-refractivity contribution in [1.29, 1.82) is 0 Å². The molecule has 27 heavy (non-hydrogen) atoms. The van der Waals surface area contributed by atoms with Crippen molar-refractivity contribution in [2.75, 3.05) is 43.0 Å². The molecule has 2 amide bonds. The number of pyridine rings is 1. The molecule has 2 heterocycles. The summed E-state index contributed by atoms with van der Waals surface area (Å²) in [6.45, 7) is 4.61. The molecule has 0 bridgehead atoms. The molecule has 0 atom stereocenters. The molecule has 3 rings (SSSR count). The number of carbonyl (C=O) groups excluding carboxylic acids is 1. The quantitative estimate of drug-likeness (QED) is 0.668. The van der Waals surface area contributed by atoms with Crippen molar-refractivity contribution in [3.8, 4) is 0 Å². The lowest BCUT2D eigenvalue weighted by atomic mass is 10.2. The highest BCUT2D eigenvalue weighted by Gasteiger charge is 2.24. The molecular weight excluding hydrogens is 407 g/mol. The van der Waals surface area contributed by atoms with Crippen LogP contribution in [0.2, 0.25) is 15.1 Å². The van der Waals surface area contributed by atoms with E-state index >= 15 is 0 Å². The van der Waals surface area contributed by atoms with Crippen LogP contribution < -0.4 is 9.80 Å². The van der Waals surface area contributed by atoms with E-state index in [-0.39, 0.29) is 6.03 Å². The number of nitrogens with zero attached hydrogens (tertiary/aromatic N) is 4. The summed E-state index contributed by atoms with van der Waals surface area (Å²) < 4.78 is 0. The first-order valence-corrected chi connectivity index (χ1v) is 9.84. The fourth-order valence-corrected chi connectivity index (χ4v) is 3.93. The lowest BCUT2D eigenvalue weighted by Gasteiger charge is -2.28. The topological polar surface area (TPSA) is 39.7 Å². The smallest absolute Gasteiger partial charge is 0.324 e. The van der Waals surface area contributed by atoms with E-state index < -0.39 is 0 Å². The van der Waals surface area contributed by atoms with Gasteiger partial charge in [0.15, 0.2) is 0 Å². The standard InChI is InChI=1S/C19H21Cl3N4O/c1-13-4-5-14(10-15(13)20)24(2)19(27)26-7-3-6-25(8-9-26)18-16(21)11-23-12-17(18)22/h4-5,10-12H,3,6-9H2,1-2H3. The summed E-state index contributed by atoms with van der Waals surface area (Å²) in [6, 6.07) is 5.58. The van der Waals surface area contributed by atoms with Gasteiger partial charge in [0.05, 0.1) is 15.7 Å². The van der Waals surface area contributed by atoms with Crippen LogP contribution in [0.15, 0.2) is 30.6 Å². The minimum absolute atomic E-state index is 0.0521. The summed E-state index contributed by atoms with van der Waals surface area (Å²) in [5.74, 6) is 0. The van der Waals surface area contributed by atoms with Crippen molar-refractivity contribution in [1.82, 2.24) is 9.88 Å². The Balaban J connectivity index is 1.72. The van der Waals surface area contributed by atoms with Crippen molar-refractivity contribution in [3.63, 3.8) is 0 Å². The lowest BCUT2D eigenvalue weighted by Crippen LogP contribution is -2.43. The molecule has 2 aromatic rings. The van der Waals surface area contributed by atoms with E-state index in [0.29, 0.717) is 34.7 Å². The fraction of sp³-hybridized carbons (Fsp3) is 0.368. The molecule has 144 valence electrons. The van der Waals surface area contributed by atoms with Gasteiger partial charge in [0, 0.05) is 56.3 Å². The Morgan fingerprint density at radius 3 is 2.41 bits per heavy atom. The third-order valence-electron chi connectivity index (χ3n) is 4.74. The maximum absolute atomic E-state index is 13.0. The maximum Gasteiger partial charge on any atom is 0.324 e. The first-order valence-electron chi connectivity index (χ1n) is 8.71. The van der Waals surface area contributed by atoms with Crippen LogP contribution in [0, 0.1) is 6.92 Å². The Bertz CT molecular complexity index is 825. The summed E-state index contributed by atoms with van der Waals surface area (Å²) in [4.78, 5) is 22.5. The van der Waals surface area contributed by atoms with Gasteiger partial charge in [-0.05, 0) is 31.0 Å². The summed E-state index contributed by atoms with van der Waals surface area (Å²) in [6.07, 6.45) is 4.00. The first-order chi connectivity index (χ1) is 12.9. The molecule has 8 heteroatoms. The highest BCUT2D eigenvalue weighted by molar-refractivity contribution is 6.38. The van der Waals surface area contributed by atoms with E-state index in [1.54, 1.807) is 24.3 Å². The highest BCUT2D eigenvalue weighted by Crippen LogP contribution is 2.33. The minimum atomic E-state index is -0.0521. The van der Waals surface area contributed by atoms with Gasteiger partial charge in [-0.25, -0.2) is 4.79 Å². The Morgan fingerprint density at radius 2 is 1.74 bits per heavy atom. The molecule has 5 nitrogen and oxygen atoms in total. The Morgan fingerprint density at radius 1 is 1.04 bits per heavy atom. The molecule has 1 aromatic carbocycles. The van der Waals surface area contributed by atoms with Gasteiger partial charge in [-0.1, -0.05) is 40.9 Å². The molecule has 1 aliphatic rings. The van der Waals surface area contributed by atoms with Gasteiger partial charge in [0.2, 0.25) is 0 Å². The van der Waals surface area contributed by atoms with Gasteiger partial charge in [0.1, 0.15) is 0 Å². The molecule has 0 saturated carbocycles. The van der Waals surface area contributed by atoms with Crippen molar-refractivity contribution in [2.24, 2.45) is 0 Å². The Hall–Kier alpha value is -1.69. The number of aromatic nitrogens is 1. The van der Waals surface area contributed by atoms with Gasteiger partial charge in [-0.3, -0.25) is 9.88 Å². The minimum Gasteiger partial charge on any atom is -0.367 e. The normalized spacial score (nSPS) is 14.9. The summed E-state index contributed by atoms with van der Waals surface area (Å²) in [7, 11) is 1.77.